The van der Waals surface area contributed by atoms with Crippen LogP contribution in [0.4, 0.5) is 4.79 Å². The van der Waals surface area contributed by atoms with Gasteiger partial charge in [-0.15, -0.1) is 0 Å². The van der Waals surface area contributed by atoms with Crippen molar-refractivity contribution in [2.45, 2.75) is 25.9 Å². The van der Waals surface area contributed by atoms with E-state index in [0.29, 0.717) is 17.9 Å². The summed E-state index contributed by atoms with van der Waals surface area (Å²) < 4.78 is 19.6. The highest BCUT2D eigenvalue weighted by Gasteiger charge is 2.20. The van der Waals surface area contributed by atoms with Crippen molar-refractivity contribution in [1.29, 1.82) is 0 Å². The Labute approximate surface area is 140 Å². The summed E-state index contributed by atoms with van der Waals surface area (Å²) in [5.74, 6) is -0.148. The van der Waals surface area contributed by atoms with Crippen molar-refractivity contribution >= 4 is 18.0 Å². The fourth-order valence-corrected chi connectivity index (χ4v) is 1.85. The molecule has 0 bridgehead atoms. The highest BCUT2D eigenvalue weighted by molar-refractivity contribution is 5.94. The number of amides is 2. The third-order valence-electron chi connectivity index (χ3n) is 3.15. The molecule has 0 saturated heterocycles. The van der Waals surface area contributed by atoms with Gasteiger partial charge in [0.25, 0.3) is 5.91 Å². The summed E-state index contributed by atoms with van der Waals surface area (Å²) in [5.41, 5.74) is 0.858. The molecule has 1 N–H and O–H groups in total. The standard InChI is InChI=1S/C16H21NO7/c1-10(15(19)17-16(20)23-4)24-14(18)8-6-11-5-7-12(21-2)13(9-11)22-3/h5,7,9-10H,6,8H2,1-4H3,(H,17,19,20)/t10-/m0/s1. The van der Waals surface area contributed by atoms with Crippen LogP contribution in [0.1, 0.15) is 18.9 Å². The number of rotatable bonds is 7. The number of esters is 1. The molecule has 0 aliphatic carbocycles. The van der Waals surface area contributed by atoms with Gasteiger partial charge in [0.1, 0.15) is 0 Å². The summed E-state index contributed by atoms with van der Waals surface area (Å²) in [6.45, 7) is 1.37. The molecule has 0 spiro atoms. The molecule has 0 aromatic heterocycles. The van der Waals surface area contributed by atoms with Gasteiger partial charge in [-0.1, -0.05) is 6.07 Å². The number of ether oxygens (including phenoxy) is 4. The van der Waals surface area contributed by atoms with Crippen LogP contribution < -0.4 is 14.8 Å². The lowest BCUT2D eigenvalue weighted by molar-refractivity contribution is -0.154. The summed E-state index contributed by atoms with van der Waals surface area (Å²) in [7, 11) is 4.19. The van der Waals surface area contributed by atoms with Gasteiger partial charge in [-0.05, 0) is 31.0 Å². The second kappa shape index (κ2) is 9.39. The Morgan fingerprint density at radius 2 is 1.75 bits per heavy atom. The maximum absolute atomic E-state index is 11.8. The lowest BCUT2D eigenvalue weighted by Crippen LogP contribution is -2.39. The molecule has 0 heterocycles. The molecule has 8 heteroatoms. The first-order valence-corrected chi connectivity index (χ1v) is 7.20. The Hall–Kier alpha value is -2.77. The molecule has 24 heavy (non-hydrogen) atoms. The SMILES string of the molecule is COC(=O)NC(=O)[C@H](C)OC(=O)CCc1ccc(OC)c(OC)c1. The first-order valence-electron chi connectivity index (χ1n) is 7.20. The second-order valence-electron chi connectivity index (χ2n) is 4.80. The number of imide groups is 1. The third-order valence-corrected chi connectivity index (χ3v) is 3.15. The molecular formula is C16H21NO7. The first kappa shape index (κ1) is 19.3. The lowest BCUT2D eigenvalue weighted by atomic mass is 10.1. The minimum Gasteiger partial charge on any atom is -0.493 e. The van der Waals surface area contributed by atoms with Gasteiger partial charge < -0.3 is 18.9 Å². The average molecular weight is 339 g/mol. The van der Waals surface area contributed by atoms with Crippen LogP contribution in [0.3, 0.4) is 0 Å². The van der Waals surface area contributed by atoms with E-state index in [1.165, 1.54) is 21.1 Å². The number of benzene rings is 1. The maximum Gasteiger partial charge on any atom is 0.413 e. The van der Waals surface area contributed by atoms with Crippen molar-refractivity contribution in [1.82, 2.24) is 5.32 Å². The Balaban J connectivity index is 2.51. The molecule has 1 atom stereocenters. The first-order chi connectivity index (χ1) is 11.4. The van der Waals surface area contributed by atoms with E-state index in [9.17, 15) is 14.4 Å². The van der Waals surface area contributed by atoms with Gasteiger partial charge in [0.05, 0.1) is 21.3 Å². The van der Waals surface area contributed by atoms with Crippen LogP contribution in [0, 0.1) is 0 Å². The molecule has 1 rings (SSSR count). The molecule has 1 aromatic rings. The van der Waals surface area contributed by atoms with E-state index < -0.39 is 24.1 Å². The van der Waals surface area contributed by atoms with Crippen molar-refractivity contribution in [2.24, 2.45) is 0 Å². The van der Waals surface area contributed by atoms with E-state index in [2.05, 4.69) is 4.74 Å². The van der Waals surface area contributed by atoms with E-state index >= 15 is 0 Å². The molecule has 132 valence electrons. The molecule has 8 nitrogen and oxygen atoms in total. The fourth-order valence-electron chi connectivity index (χ4n) is 1.85. The lowest BCUT2D eigenvalue weighted by Gasteiger charge is -2.13. The Morgan fingerprint density at radius 3 is 2.33 bits per heavy atom. The van der Waals surface area contributed by atoms with Crippen LogP contribution in [0.15, 0.2) is 18.2 Å². The van der Waals surface area contributed by atoms with Crippen LogP contribution in [-0.4, -0.2) is 45.4 Å². The largest absolute Gasteiger partial charge is 0.493 e. The quantitative estimate of drug-likeness (QED) is 0.750. The predicted molar refractivity (Wildman–Crippen MR) is 84.0 cm³/mol. The van der Waals surface area contributed by atoms with Gasteiger partial charge in [-0.2, -0.15) is 0 Å². The highest BCUT2D eigenvalue weighted by atomic mass is 16.6. The Kier molecular flexibility index (Phi) is 7.54. The van der Waals surface area contributed by atoms with Crippen molar-refractivity contribution < 1.29 is 33.3 Å². The van der Waals surface area contributed by atoms with Crippen LogP contribution >= 0.6 is 0 Å². The minimum atomic E-state index is -1.10. The molecule has 0 radical (unpaired) electrons. The van der Waals surface area contributed by atoms with Crippen LogP contribution in [-0.2, 0) is 25.5 Å². The smallest absolute Gasteiger partial charge is 0.413 e. The number of alkyl carbamates (subject to hydrolysis) is 1. The molecule has 0 aliphatic rings. The van der Waals surface area contributed by atoms with Gasteiger partial charge in [0, 0.05) is 6.42 Å². The molecule has 0 saturated carbocycles. The zero-order valence-electron chi connectivity index (χ0n) is 14.1. The van der Waals surface area contributed by atoms with Crippen molar-refractivity contribution in [3.8, 4) is 11.5 Å². The zero-order valence-corrected chi connectivity index (χ0v) is 14.1. The van der Waals surface area contributed by atoms with Crippen molar-refractivity contribution in [3.05, 3.63) is 23.8 Å². The number of hydrogen-bond donors (Lipinski definition) is 1. The number of nitrogens with one attached hydrogen (secondary N) is 1. The van der Waals surface area contributed by atoms with Gasteiger partial charge >= 0.3 is 12.1 Å². The number of methoxy groups -OCH3 is 3. The highest BCUT2D eigenvalue weighted by Crippen LogP contribution is 2.27. The third kappa shape index (κ3) is 5.79. The predicted octanol–water partition coefficient (Wildman–Crippen LogP) is 1.45. The summed E-state index contributed by atoms with van der Waals surface area (Å²) >= 11 is 0. The van der Waals surface area contributed by atoms with Crippen LogP contribution in [0.25, 0.3) is 0 Å². The molecule has 0 fully saturated rings. The molecular weight excluding hydrogens is 318 g/mol. The van der Waals surface area contributed by atoms with Gasteiger partial charge in [0.2, 0.25) is 0 Å². The van der Waals surface area contributed by atoms with Gasteiger partial charge in [0.15, 0.2) is 17.6 Å². The maximum atomic E-state index is 11.8. The van der Waals surface area contributed by atoms with E-state index in [1.807, 2.05) is 11.4 Å². The molecule has 0 aliphatic heterocycles. The molecule has 0 unspecified atom stereocenters. The zero-order chi connectivity index (χ0) is 18.1. The Bertz CT molecular complexity index is 600. The van der Waals surface area contributed by atoms with Gasteiger partial charge in [-0.3, -0.25) is 14.9 Å². The fraction of sp³-hybridized carbons (Fsp3) is 0.438. The second-order valence-corrected chi connectivity index (χ2v) is 4.80. The molecule has 1 aromatic carbocycles. The Morgan fingerprint density at radius 1 is 1.08 bits per heavy atom. The topological polar surface area (TPSA) is 100 Å². The van der Waals surface area contributed by atoms with Crippen molar-refractivity contribution in [3.63, 3.8) is 0 Å². The van der Waals surface area contributed by atoms with Crippen LogP contribution in [0.5, 0.6) is 11.5 Å². The number of carbonyl (C=O) groups excluding carboxylic acids is 3. The summed E-state index contributed by atoms with van der Waals surface area (Å²) in [5, 5.41) is 1.93. The summed E-state index contributed by atoms with van der Waals surface area (Å²) in [6.07, 6.45) is -1.52. The summed E-state index contributed by atoms with van der Waals surface area (Å²) in [6, 6.07) is 5.31. The van der Waals surface area contributed by atoms with Crippen molar-refractivity contribution in [2.75, 3.05) is 21.3 Å². The normalized spacial score (nSPS) is 11.2. The summed E-state index contributed by atoms with van der Waals surface area (Å²) in [4.78, 5) is 34.3. The monoisotopic (exact) mass is 339 g/mol. The average Bonchev–Trinajstić information content (AvgIpc) is 2.59. The minimum absolute atomic E-state index is 0.0747. The van der Waals surface area contributed by atoms with E-state index in [0.717, 1.165) is 12.7 Å². The number of aryl methyl sites for hydroxylation is 1. The van der Waals surface area contributed by atoms with E-state index in [-0.39, 0.29) is 6.42 Å². The number of hydrogen-bond acceptors (Lipinski definition) is 7. The number of carbonyl (C=O) groups is 3. The molecule has 2 amide bonds. The van der Waals surface area contributed by atoms with Gasteiger partial charge in [-0.25, -0.2) is 4.79 Å². The van der Waals surface area contributed by atoms with Crippen LogP contribution in [0.2, 0.25) is 0 Å². The van der Waals surface area contributed by atoms with E-state index in [4.69, 9.17) is 14.2 Å². The van der Waals surface area contributed by atoms with E-state index in [1.54, 1.807) is 12.1 Å².